The Hall–Kier alpha value is -0.830. The number of ketones is 1. The number of carbonyl (C=O) groups is 1. The van der Waals surface area contributed by atoms with Crippen molar-refractivity contribution in [2.24, 2.45) is 5.41 Å². The molecule has 1 saturated heterocycles. The molecule has 0 amide bonds. The van der Waals surface area contributed by atoms with Gasteiger partial charge in [-0.1, -0.05) is 6.92 Å². The van der Waals surface area contributed by atoms with Crippen molar-refractivity contribution in [3.63, 3.8) is 0 Å². The molecule has 1 fully saturated rings. The smallest absolute Gasteiger partial charge is 0.204 e. The molecular weight excluding hydrogens is 178 g/mol. The van der Waals surface area contributed by atoms with Crippen molar-refractivity contribution in [2.45, 2.75) is 26.2 Å². The summed E-state index contributed by atoms with van der Waals surface area (Å²) in [5, 5.41) is 3.26. The fraction of sp³-hybridized carbons (Fsp3) is 0.727. The van der Waals surface area contributed by atoms with Gasteiger partial charge in [-0.2, -0.15) is 0 Å². The Balaban J connectivity index is 2.15. The first-order valence-corrected chi connectivity index (χ1v) is 5.37. The van der Waals surface area contributed by atoms with Gasteiger partial charge in [0.1, 0.15) is 0 Å². The van der Waals surface area contributed by atoms with Crippen LogP contribution in [-0.2, 0) is 9.53 Å². The maximum absolute atomic E-state index is 12.2. The van der Waals surface area contributed by atoms with Gasteiger partial charge in [-0.3, -0.25) is 4.79 Å². The first kappa shape index (κ1) is 9.71. The highest BCUT2D eigenvalue weighted by Gasteiger charge is 2.41. The number of Topliss-reactive ketones (excluding diaryl/α,β-unsaturated/α-hetero) is 1. The molecule has 2 rings (SSSR count). The number of allylic oxidation sites excluding steroid dienone is 1. The topological polar surface area (TPSA) is 38.3 Å². The normalized spacial score (nSPS) is 31.4. The standard InChI is InChI=1S/C11H17NO2/c1-2-11(5-6-12-8-11)10(13)9-4-3-7-14-9/h4,12H,2-3,5-8H2,1H3. The van der Waals surface area contributed by atoms with Crippen LogP contribution < -0.4 is 5.32 Å². The van der Waals surface area contributed by atoms with Crippen LogP contribution in [0.15, 0.2) is 11.8 Å². The van der Waals surface area contributed by atoms with Crippen molar-refractivity contribution in [2.75, 3.05) is 19.7 Å². The third-order valence-electron chi connectivity index (χ3n) is 3.33. The molecule has 2 aliphatic rings. The molecular formula is C11H17NO2. The van der Waals surface area contributed by atoms with Gasteiger partial charge in [0.25, 0.3) is 0 Å². The van der Waals surface area contributed by atoms with Crippen LogP contribution in [0.1, 0.15) is 26.2 Å². The van der Waals surface area contributed by atoms with Gasteiger partial charge in [-0.05, 0) is 25.5 Å². The summed E-state index contributed by atoms with van der Waals surface area (Å²) in [5.41, 5.74) is -0.184. The van der Waals surface area contributed by atoms with E-state index >= 15 is 0 Å². The molecule has 0 aromatic heterocycles. The summed E-state index contributed by atoms with van der Waals surface area (Å²) in [6.07, 6.45) is 4.66. The second-order valence-electron chi connectivity index (χ2n) is 4.10. The maximum atomic E-state index is 12.2. The summed E-state index contributed by atoms with van der Waals surface area (Å²) >= 11 is 0. The van der Waals surface area contributed by atoms with E-state index in [1.165, 1.54) is 0 Å². The summed E-state index contributed by atoms with van der Waals surface area (Å²) in [7, 11) is 0. The highest BCUT2D eigenvalue weighted by Crippen LogP contribution is 2.34. The zero-order chi connectivity index (χ0) is 10.0. The summed E-state index contributed by atoms with van der Waals surface area (Å²) < 4.78 is 5.34. The van der Waals surface area contributed by atoms with Crippen LogP contribution in [0.5, 0.6) is 0 Å². The third kappa shape index (κ3) is 1.46. The van der Waals surface area contributed by atoms with E-state index in [9.17, 15) is 4.79 Å². The molecule has 1 atom stereocenters. The minimum Gasteiger partial charge on any atom is -0.490 e. The van der Waals surface area contributed by atoms with Crippen molar-refractivity contribution in [1.29, 1.82) is 0 Å². The Morgan fingerprint density at radius 1 is 1.71 bits per heavy atom. The lowest BCUT2D eigenvalue weighted by Gasteiger charge is -2.24. The van der Waals surface area contributed by atoms with Crippen LogP contribution in [0.4, 0.5) is 0 Å². The maximum Gasteiger partial charge on any atom is 0.204 e. The number of nitrogens with one attached hydrogen (secondary N) is 1. The Morgan fingerprint density at radius 3 is 3.07 bits per heavy atom. The summed E-state index contributed by atoms with van der Waals surface area (Å²) in [6.45, 7) is 4.52. The Bertz CT molecular complexity index is 264. The van der Waals surface area contributed by atoms with Crippen LogP contribution in [0.2, 0.25) is 0 Å². The van der Waals surface area contributed by atoms with E-state index in [2.05, 4.69) is 12.2 Å². The van der Waals surface area contributed by atoms with Gasteiger partial charge < -0.3 is 10.1 Å². The fourth-order valence-electron chi connectivity index (χ4n) is 2.24. The van der Waals surface area contributed by atoms with Crippen LogP contribution >= 0.6 is 0 Å². The lowest BCUT2D eigenvalue weighted by atomic mass is 9.79. The molecule has 78 valence electrons. The fourth-order valence-corrected chi connectivity index (χ4v) is 2.24. The van der Waals surface area contributed by atoms with Gasteiger partial charge >= 0.3 is 0 Å². The van der Waals surface area contributed by atoms with Crippen molar-refractivity contribution >= 4 is 5.78 Å². The number of hydrogen-bond donors (Lipinski definition) is 1. The van der Waals surface area contributed by atoms with E-state index < -0.39 is 0 Å². The summed E-state index contributed by atoms with van der Waals surface area (Å²) in [6, 6.07) is 0. The van der Waals surface area contributed by atoms with E-state index in [4.69, 9.17) is 4.74 Å². The van der Waals surface area contributed by atoms with Crippen molar-refractivity contribution in [3.8, 4) is 0 Å². The summed E-state index contributed by atoms with van der Waals surface area (Å²) in [5.74, 6) is 0.818. The first-order valence-electron chi connectivity index (χ1n) is 5.37. The Kier molecular flexibility index (Phi) is 2.59. The minimum absolute atomic E-state index is 0.184. The molecule has 2 heterocycles. The van der Waals surface area contributed by atoms with E-state index in [1.807, 2.05) is 6.08 Å². The third-order valence-corrected chi connectivity index (χ3v) is 3.33. The number of carbonyl (C=O) groups excluding carboxylic acids is 1. The Morgan fingerprint density at radius 2 is 2.57 bits per heavy atom. The minimum atomic E-state index is -0.184. The van der Waals surface area contributed by atoms with Crippen molar-refractivity contribution < 1.29 is 9.53 Å². The van der Waals surface area contributed by atoms with Gasteiger partial charge in [-0.15, -0.1) is 0 Å². The van der Waals surface area contributed by atoms with Crippen molar-refractivity contribution in [3.05, 3.63) is 11.8 Å². The van der Waals surface area contributed by atoms with E-state index in [0.717, 1.165) is 32.4 Å². The second kappa shape index (κ2) is 3.73. The zero-order valence-electron chi connectivity index (χ0n) is 8.64. The van der Waals surface area contributed by atoms with Gasteiger partial charge in [0, 0.05) is 13.0 Å². The molecule has 0 bridgehead atoms. The molecule has 3 nitrogen and oxygen atoms in total. The lowest BCUT2D eigenvalue weighted by Crippen LogP contribution is -2.34. The number of rotatable bonds is 3. The monoisotopic (exact) mass is 195 g/mol. The average molecular weight is 195 g/mol. The van der Waals surface area contributed by atoms with Crippen LogP contribution in [0.3, 0.4) is 0 Å². The van der Waals surface area contributed by atoms with Crippen LogP contribution in [-0.4, -0.2) is 25.5 Å². The number of ether oxygens (including phenoxy) is 1. The molecule has 0 radical (unpaired) electrons. The molecule has 0 aromatic rings. The first-order chi connectivity index (χ1) is 6.78. The van der Waals surface area contributed by atoms with Gasteiger partial charge in [0.2, 0.25) is 5.78 Å². The highest BCUT2D eigenvalue weighted by atomic mass is 16.5. The van der Waals surface area contributed by atoms with Gasteiger partial charge in [0.05, 0.1) is 12.0 Å². The molecule has 14 heavy (non-hydrogen) atoms. The van der Waals surface area contributed by atoms with E-state index in [-0.39, 0.29) is 11.2 Å². The predicted molar refractivity (Wildman–Crippen MR) is 53.9 cm³/mol. The highest BCUT2D eigenvalue weighted by molar-refractivity contribution is 5.98. The molecule has 1 N–H and O–H groups in total. The summed E-state index contributed by atoms with van der Waals surface area (Å²) in [4.78, 5) is 12.2. The van der Waals surface area contributed by atoms with E-state index in [1.54, 1.807) is 0 Å². The SMILES string of the molecule is CCC1(C(=O)C2=CCCO2)CCNC1. The molecule has 0 aromatic carbocycles. The molecule has 1 unspecified atom stereocenters. The van der Waals surface area contributed by atoms with Crippen LogP contribution in [0, 0.1) is 5.41 Å². The average Bonchev–Trinajstić information content (AvgIpc) is 2.89. The molecule has 0 aliphatic carbocycles. The molecule has 0 saturated carbocycles. The van der Waals surface area contributed by atoms with Gasteiger partial charge in [-0.25, -0.2) is 0 Å². The van der Waals surface area contributed by atoms with Crippen molar-refractivity contribution in [1.82, 2.24) is 5.32 Å². The van der Waals surface area contributed by atoms with Crippen LogP contribution in [0.25, 0.3) is 0 Å². The molecule has 0 spiro atoms. The second-order valence-corrected chi connectivity index (χ2v) is 4.10. The predicted octanol–water partition coefficient (Wildman–Crippen LogP) is 1.25. The quantitative estimate of drug-likeness (QED) is 0.736. The molecule has 3 heteroatoms. The van der Waals surface area contributed by atoms with E-state index in [0.29, 0.717) is 12.4 Å². The zero-order valence-corrected chi connectivity index (χ0v) is 8.64. The Labute approximate surface area is 84.5 Å². The lowest BCUT2D eigenvalue weighted by molar-refractivity contribution is -0.127. The largest absolute Gasteiger partial charge is 0.490 e. The van der Waals surface area contributed by atoms with Gasteiger partial charge in [0.15, 0.2) is 5.76 Å². The number of hydrogen-bond acceptors (Lipinski definition) is 3. The molecule has 2 aliphatic heterocycles.